The highest BCUT2D eigenvalue weighted by molar-refractivity contribution is 7.90. The van der Waals surface area contributed by atoms with Crippen LogP contribution in [0.2, 0.25) is 0 Å². The van der Waals surface area contributed by atoms with Crippen molar-refractivity contribution in [2.24, 2.45) is 0 Å². The lowest BCUT2D eigenvalue weighted by molar-refractivity contribution is 0.125. The second-order valence-electron chi connectivity index (χ2n) is 8.88. The zero-order valence-corrected chi connectivity index (χ0v) is 17.1. The number of benzene rings is 1. The SMILES string of the molecule is CC(C)(CCc1ccc(O)c(OC(C)(C)C)c1)N[S+]([O-])C(C)(C)C. The Bertz CT molecular complexity index is 545. The summed E-state index contributed by atoms with van der Waals surface area (Å²) in [5.41, 5.74) is 0.477. The summed E-state index contributed by atoms with van der Waals surface area (Å²) in [5.74, 6) is 0.656. The fourth-order valence-corrected chi connectivity index (χ4v) is 2.95. The van der Waals surface area contributed by atoms with Crippen LogP contribution in [0.15, 0.2) is 18.2 Å². The average Bonchev–Trinajstić information content (AvgIpc) is 2.36. The molecule has 138 valence electrons. The van der Waals surface area contributed by atoms with Crippen LogP contribution in [0, 0.1) is 0 Å². The largest absolute Gasteiger partial charge is 0.598 e. The minimum absolute atomic E-state index is 0.153. The highest BCUT2D eigenvalue weighted by Gasteiger charge is 2.32. The Kier molecular flexibility index (Phi) is 6.64. The molecular weight excluding hydrogens is 322 g/mol. The molecule has 4 nitrogen and oxygen atoms in total. The van der Waals surface area contributed by atoms with Crippen molar-refractivity contribution in [2.45, 2.75) is 84.1 Å². The third kappa shape index (κ3) is 7.32. The van der Waals surface area contributed by atoms with Crippen LogP contribution in [-0.4, -0.2) is 25.5 Å². The van der Waals surface area contributed by atoms with Gasteiger partial charge in [-0.15, -0.1) is 4.72 Å². The summed E-state index contributed by atoms with van der Waals surface area (Å²) in [6.07, 6.45) is 1.64. The standard InChI is InChI=1S/C19H33NO3S/c1-17(2,3)23-16-13-14(9-10-15(16)21)11-12-19(7,8)20-24(22)18(4,5)6/h9-10,13,20-21H,11-12H2,1-8H3. The Morgan fingerprint density at radius 3 is 2.17 bits per heavy atom. The maximum absolute atomic E-state index is 12.3. The molecule has 0 aliphatic rings. The first-order chi connectivity index (χ1) is 10.7. The van der Waals surface area contributed by atoms with Crippen molar-refractivity contribution in [3.8, 4) is 11.5 Å². The van der Waals surface area contributed by atoms with Crippen LogP contribution in [0.5, 0.6) is 11.5 Å². The van der Waals surface area contributed by atoms with Crippen LogP contribution in [-0.2, 0) is 17.8 Å². The van der Waals surface area contributed by atoms with E-state index in [9.17, 15) is 9.66 Å². The summed E-state index contributed by atoms with van der Waals surface area (Å²) in [4.78, 5) is 0. The van der Waals surface area contributed by atoms with Gasteiger partial charge in [0.05, 0.1) is 5.54 Å². The Morgan fingerprint density at radius 2 is 1.67 bits per heavy atom. The van der Waals surface area contributed by atoms with Crippen LogP contribution in [0.3, 0.4) is 0 Å². The summed E-state index contributed by atoms with van der Waals surface area (Å²) < 4.78 is 21.0. The van der Waals surface area contributed by atoms with Crippen molar-refractivity contribution >= 4 is 11.4 Å². The molecule has 2 N–H and O–H groups in total. The molecule has 0 saturated carbocycles. The van der Waals surface area contributed by atoms with E-state index in [1.54, 1.807) is 6.07 Å². The van der Waals surface area contributed by atoms with Gasteiger partial charge in [0.25, 0.3) is 0 Å². The first-order valence-electron chi connectivity index (χ1n) is 8.40. The number of hydrogen-bond acceptors (Lipinski definition) is 4. The van der Waals surface area contributed by atoms with E-state index in [0.29, 0.717) is 5.75 Å². The van der Waals surface area contributed by atoms with Gasteiger partial charge in [-0.1, -0.05) is 6.07 Å². The zero-order chi connectivity index (χ0) is 18.8. The van der Waals surface area contributed by atoms with E-state index in [1.807, 2.05) is 53.7 Å². The van der Waals surface area contributed by atoms with Gasteiger partial charge in [0, 0.05) is 11.4 Å². The fourth-order valence-electron chi connectivity index (χ4n) is 2.04. The van der Waals surface area contributed by atoms with E-state index in [2.05, 4.69) is 18.6 Å². The Hall–Kier alpha value is -0.910. The van der Waals surface area contributed by atoms with E-state index in [1.165, 1.54) is 0 Å². The van der Waals surface area contributed by atoms with Gasteiger partial charge in [0.1, 0.15) is 10.3 Å². The summed E-state index contributed by atoms with van der Waals surface area (Å²) in [6, 6.07) is 5.46. The number of phenols is 1. The molecule has 0 bridgehead atoms. The van der Waals surface area contributed by atoms with Crippen LogP contribution in [0.25, 0.3) is 0 Å². The molecule has 0 fully saturated rings. The van der Waals surface area contributed by atoms with Crippen molar-refractivity contribution in [3.63, 3.8) is 0 Å². The first-order valence-corrected chi connectivity index (χ1v) is 9.55. The van der Waals surface area contributed by atoms with Gasteiger partial charge in [-0.2, -0.15) is 0 Å². The Balaban J connectivity index is 2.75. The monoisotopic (exact) mass is 355 g/mol. The number of aromatic hydroxyl groups is 1. The van der Waals surface area contributed by atoms with Crippen molar-refractivity contribution in [1.29, 1.82) is 0 Å². The quantitative estimate of drug-likeness (QED) is 0.745. The minimum atomic E-state index is -1.10. The minimum Gasteiger partial charge on any atom is -0.598 e. The molecule has 0 heterocycles. The lowest BCUT2D eigenvalue weighted by Crippen LogP contribution is -2.50. The molecule has 1 aromatic carbocycles. The molecule has 5 heteroatoms. The van der Waals surface area contributed by atoms with Crippen molar-refractivity contribution < 1.29 is 14.4 Å². The maximum Gasteiger partial charge on any atom is 0.161 e. The normalized spacial score (nSPS) is 14.5. The van der Waals surface area contributed by atoms with Crippen LogP contribution >= 0.6 is 0 Å². The van der Waals surface area contributed by atoms with Gasteiger partial charge >= 0.3 is 0 Å². The molecule has 1 aromatic rings. The molecule has 1 unspecified atom stereocenters. The molecular formula is C19H33NO3S. The molecule has 0 aromatic heterocycles. The lowest BCUT2D eigenvalue weighted by Gasteiger charge is -2.32. The van der Waals surface area contributed by atoms with Crippen LogP contribution < -0.4 is 9.46 Å². The molecule has 1 atom stereocenters. The third-order valence-electron chi connectivity index (χ3n) is 3.40. The fraction of sp³-hybridized carbons (Fsp3) is 0.684. The van der Waals surface area contributed by atoms with Gasteiger partial charge in [0.15, 0.2) is 11.5 Å². The molecule has 1 rings (SSSR count). The number of aryl methyl sites for hydroxylation is 1. The zero-order valence-electron chi connectivity index (χ0n) is 16.3. The molecule has 24 heavy (non-hydrogen) atoms. The average molecular weight is 356 g/mol. The van der Waals surface area contributed by atoms with E-state index < -0.39 is 11.4 Å². The second-order valence-corrected chi connectivity index (χ2v) is 10.8. The predicted octanol–water partition coefficient (Wildman–Crippen LogP) is 4.33. The molecule has 0 saturated heterocycles. The van der Waals surface area contributed by atoms with Gasteiger partial charge in [0.2, 0.25) is 0 Å². The van der Waals surface area contributed by atoms with Crippen molar-refractivity contribution in [3.05, 3.63) is 23.8 Å². The summed E-state index contributed by atoms with van der Waals surface area (Å²) in [7, 11) is 0. The topological polar surface area (TPSA) is 64.5 Å². The number of ether oxygens (including phenoxy) is 1. The third-order valence-corrected chi connectivity index (χ3v) is 5.25. The van der Waals surface area contributed by atoms with Gasteiger partial charge in [-0.3, -0.25) is 0 Å². The van der Waals surface area contributed by atoms with E-state index >= 15 is 0 Å². The van der Waals surface area contributed by atoms with Gasteiger partial charge in [-0.05, 0) is 85.9 Å². The summed E-state index contributed by atoms with van der Waals surface area (Å²) in [5, 5.41) is 9.96. The molecule has 0 spiro atoms. The molecule has 0 radical (unpaired) electrons. The lowest BCUT2D eigenvalue weighted by atomic mass is 9.96. The van der Waals surface area contributed by atoms with E-state index in [4.69, 9.17) is 4.74 Å². The van der Waals surface area contributed by atoms with E-state index in [-0.39, 0.29) is 21.6 Å². The van der Waals surface area contributed by atoms with Crippen molar-refractivity contribution in [1.82, 2.24) is 4.72 Å². The van der Waals surface area contributed by atoms with Crippen LogP contribution in [0.1, 0.15) is 67.4 Å². The Morgan fingerprint density at radius 1 is 1.08 bits per heavy atom. The molecule has 0 aliphatic carbocycles. The highest BCUT2D eigenvalue weighted by atomic mass is 32.2. The summed E-state index contributed by atoms with van der Waals surface area (Å²) in [6.45, 7) is 15.9. The molecule has 0 aliphatic heterocycles. The van der Waals surface area contributed by atoms with Crippen molar-refractivity contribution in [2.75, 3.05) is 0 Å². The first kappa shape index (κ1) is 21.1. The molecule has 0 amide bonds. The number of hydrogen-bond donors (Lipinski definition) is 2. The highest BCUT2D eigenvalue weighted by Crippen LogP contribution is 2.31. The number of rotatable bonds is 6. The predicted molar refractivity (Wildman–Crippen MR) is 102 cm³/mol. The maximum atomic E-state index is 12.3. The summed E-state index contributed by atoms with van der Waals surface area (Å²) >= 11 is -1.10. The number of phenolic OH excluding ortho intramolecular Hbond substituents is 1. The van der Waals surface area contributed by atoms with E-state index in [0.717, 1.165) is 18.4 Å². The van der Waals surface area contributed by atoms with Gasteiger partial charge in [-0.25, -0.2) is 0 Å². The smallest absolute Gasteiger partial charge is 0.161 e. The Labute approximate surface area is 150 Å². The van der Waals surface area contributed by atoms with Gasteiger partial charge < -0.3 is 14.4 Å². The van der Waals surface area contributed by atoms with Crippen LogP contribution in [0.4, 0.5) is 0 Å². The number of nitrogens with one attached hydrogen (secondary N) is 1. The second kappa shape index (κ2) is 7.54.